The summed E-state index contributed by atoms with van der Waals surface area (Å²) in [5.41, 5.74) is 0. The fourth-order valence-electron chi connectivity index (χ4n) is 1.64. The lowest BCUT2D eigenvalue weighted by molar-refractivity contribution is 0.498. The molecule has 2 aromatic rings. The van der Waals surface area contributed by atoms with Crippen LogP contribution in [0.5, 0.6) is 0 Å². The highest BCUT2D eigenvalue weighted by Gasteiger charge is 2.23. The summed E-state index contributed by atoms with van der Waals surface area (Å²) in [4.78, 5) is -0.499. The van der Waals surface area contributed by atoms with Gasteiger partial charge in [0.15, 0.2) is 9.84 Å². The first-order valence-electron chi connectivity index (χ1n) is 5.62. The minimum absolute atomic E-state index is 0.0482. The van der Waals surface area contributed by atoms with Crippen molar-refractivity contribution < 1.29 is 21.3 Å². The van der Waals surface area contributed by atoms with E-state index in [0.29, 0.717) is 5.76 Å². The van der Waals surface area contributed by atoms with Crippen LogP contribution in [0.15, 0.2) is 56.9 Å². The van der Waals surface area contributed by atoms with E-state index in [2.05, 4.69) is 4.72 Å². The molecule has 0 unspecified atom stereocenters. The molecular weight excluding hydrogens is 302 g/mol. The summed E-state index contributed by atoms with van der Waals surface area (Å²) >= 11 is 0. The molecule has 0 fully saturated rings. The molecule has 0 saturated heterocycles. The molecule has 0 atom stereocenters. The predicted octanol–water partition coefficient (Wildman–Crippen LogP) is 1.16. The minimum atomic E-state index is -3.94. The number of sulfonamides is 1. The van der Waals surface area contributed by atoms with Crippen molar-refractivity contribution in [2.24, 2.45) is 0 Å². The fraction of sp³-hybridized carbons (Fsp3) is 0.167. The van der Waals surface area contributed by atoms with E-state index in [1.54, 1.807) is 12.1 Å². The van der Waals surface area contributed by atoms with Crippen LogP contribution in [0.3, 0.4) is 0 Å². The lowest BCUT2D eigenvalue weighted by Crippen LogP contribution is -2.24. The van der Waals surface area contributed by atoms with Gasteiger partial charge in [0, 0.05) is 6.26 Å². The monoisotopic (exact) mass is 315 g/mol. The molecule has 0 aliphatic heterocycles. The highest BCUT2D eigenvalue weighted by molar-refractivity contribution is 7.93. The molecule has 0 spiro atoms. The van der Waals surface area contributed by atoms with Crippen molar-refractivity contribution >= 4 is 19.9 Å². The van der Waals surface area contributed by atoms with Crippen LogP contribution in [-0.2, 0) is 26.4 Å². The molecule has 1 N–H and O–H groups in total. The summed E-state index contributed by atoms with van der Waals surface area (Å²) < 4.78 is 54.9. The summed E-state index contributed by atoms with van der Waals surface area (Å²) in [6, 6.07) is 8.70. The first-order valence-corrected chi connectivity index (χ1v) is 8.99. The summed E-state index contributed by atoms with van der Waals surface area (Å²) in [7, 11) is -7.57. The van der Waals surface area contributed by atoms with E-state index in [1.165, 1.54) is 30.5 Å². The number of hydrogen-bond donors (Lipinski definition) is 1. The van der Waals surface area contributed by atoms with Crippen molar-refractivity contribution in [3.05, 3.63) is 48.4 Å². The van der Waals surface area contributed by atoms with Gasteiger partial charge in [-0.1, -0.05) is 12.1 Å². The molecule has 0 radical (unpaired) electrons. The molecule has 0 saturated carbocycles. The second kappa shape index (κ2) is 5.39. The van der Waals surface area contributed by atoms with E-state index >= 15 is 0 Å². The Bertz CT molecular complexity index is 792. The molecule has 8 heteroatoms. The fourth-order valence-corrected chi connectivity index (χ4v) is 4.26. The van der Waals surface area contributed by atoms with E-state index in [9.17, 15) is 16.8 Å². The molecule has 20 heavy (non-hydrogen) atoms. The van der Waals surface area contributed by atoms with Gasteiger partial charge in [-0.3, -0.25) is 0 Å². The average molecular weight is 315 g/mol. The Morgan fingerprint density at radius 1 is 1.00 bits per heavy atom. The van der Waals surface area contributed by atoms with Gasteiger partial charge in [-0.25, -0.2) is 21.6 Å². The largest absolute Gasteiger partial charge is 0.468 e. The Hall–Kier alpha value is -1.64. The highest BCUT2D eigenvalue weighted by Crippen LogP contribution is 2.20. The van der Waals surface area contributed by atoms with Gasteiger partial charge in [0.05, 0.1) is 17.7 Å². The molecule has 1 heterocycles. The normalized spacial score (nSPS) is 12.4. The maximum atomic E-state index is 12.2. The zero-order chi connectivity index (χ0) is 14.8. The number of sulfone groups is 1. The second-order valence-electron chi connectivity index (χ2n) is 4.12. The van der Waals surface area contributed by atoms with Gasteiger partial charge in [0.1, 0.15) is 10.7 Å². The molecule has 0 amide bonds. The van der Waals surface area contributed by atoms with Gasteiger partial charge in [-0.2, -0.15) is 0 Å². The number of benzene rings is 1. The van der Waals surface area contributed by atoms with Gasteiger partial charge in [-0.15, -0.1) is 0 Å². The van der Waals surface area contributed by atoms with Crippen LogP contribution in [0, 0.1) is 0 Å². The van der Waals surface area contributed by atoms with Crippen LogP contribution in [0.4, 0.5) is 0 Å². The van der Waals surface area contributed by atoms with E-state index in [4.69, 9.17) is 4.42 Å². The third kappa shape index (κ3) is 3.27. The smallest absolute Gasteiger partial charge is 0.242 e. The SMILES string of the molecule is CS(=O)(=O)c1ccccc1S(=O)(=O)NCc1ccco1. The zero-order valence-corrected chi connectivity index (χ0v) is 12.2. The van der Waals surface area contributed by atoms with Crippen molar-refractivity contribution in [1.82, 2.24) is 4.72 Å². The van der Waals surface area contributed by atoms with Crippen LogP contribution >= 0.6 is 0 Å². The maximum absolute atomic E-state index is 12.2. The first kappa shape index (κ1) is 14.8. The molecule has 0 aliphatic rings. The van der Waals surface area contributed by atoms with E-state index in [0.717, 1.165) is 6.26 Å². The third-order valence-corrected chi connectivity index (χ3v) is 5.30. The van der Waals surface area contributed by atoms with Crippen molar-refractivity contribution in [2.75, 3.05) is 6.26 Å². The van der Waals surface area contributed by atoms with E-state index in [1.807, 2.05) is 0 Å². The third-order valence-electron chi connectivity index (χ3n) is 2.55. The molecule has 108 valence electrons. The van der Waals surface area contributed by atoms with E-state index < -0.39 is 19.9 Å². The number of hydrogen-bond acceptors (Lipinski definition) is 5. The van der Waals surface area contributed by atoms with Crippen LogP contribution in [-0.4, -0.2) is 23.1 Å². The topological polar surface area (TPSA) is 93.5 Å². The molecule has 0 aliphatic carbocycles. The molecular formula is C12H13NO5S2. The summed E-state index contributed by atoms with van der Waals surface area (Å²) in [6.07, 6.45) is 2.39. The standard InChI is InChI=1S/C12H13NO5S2/c1-19(14,15)11-6-2-3-7-12(11)20(16,17)13-9-10-5-4-8-18-10/h2-8,13H,9H2,1H3. The zero-order valence-electron chi connectivity index (χ0n) is 10.6. The van der Waals surface area contributed by atoms with Crippen LogP contribution in [0.2, 0.25) is 0 Å². The Balaban J connectivity index is 2.35. The summed E-state index contributed by atoms with van der Waals surface area (Å²) in [6.45, 7) is -0.0482. The van der Waals surface area contributed by atoms with Gasteiger partial charge >= 0.3 is 0 Å². The second-order valence-corrected chi connectivity index (χ2v) is 7.84. The first-order chi connectivity index (χ1) is 9.31. The molecule has 0 bridgehead atoms. The Kier molecular flexibility index (Phi) is 3.98. The van der Waals surface area contributed by atoms with Crippen molar-refractivity contribution in [3.8, 4) is 0 Å². The quantitative estimate of drug-likeness (QED) is 0.893. The van der Waals surface area contributed by atoms with Crippen molar-refractivity contribution in [1.29, 1.82) is 0 Å². The number of rotatable bonds is 5. The lowest BCUT2D eigenvalue weighted by atomic mass is 10.4. The van der Waals surface area contributed by atoms with Crippen LogP contribution in [0.25, 0.3) is 0 Å². The highest BCUT2D eigenvalue weighted by atomic mass is 32.2. The molecule has 1 aromatic heterocycles. The summed E-state index contributed by atoms with van der Waals surface area (Å²) in [5, 5.41) is 0. The van der Waals surface area contributed by atoms with Gasteiger partial charge in [0.25, 0.3) is 0 Å². The van der Waals surface area contributed by atoms with E-state index in [-0.39, 0.29) is 16.3 Å². The number of nitrogens with one attached hydrogen (secondary N) is 1. The van der Waals surface area contributed by atoms with Crippen LogP contribution < -0.4 is 4.72 Å². The summed E-state index contributed by atoms with van der Waals surface area (Å²) in [5.74, 6) is 0.436. The Labute approximate surface area is 117 Å². The maximum Gasteiger partial charge on any atom is 0.242 e. The molecule has 2 rings (SSSR count). The lowest BCUT2D eigenvalue weighted by Gasteiger charge is -2.09. The van der Waals surface area contributed by atoms with Gasteiger partial charge in [-0.05, 0) is 24.3 Å². The molecule has 1 aromatic carbocycles. The Morgan fingerprint density at radius 3 is 2.20 bits per heavy atom. The Morgan fingerprint density at radius 2 is 1.65 bits per heavy atom. The van der Waals surface area contributed by atoms with Gasteiger partial charge in [0.2, 0.25) is 10.0 Å². The average Bonchev–Trinajstić information content (AvgIpc) is 2.89. The van der Waals surface area contributed by atoms with Crippen LogP contribution in [0.1, 0.15) is 5.76 Å². The molecule has 6 nitrogen and oxygen atoms in total. The van der Waals surface area contributed by atoms with Crippen molar-refractivity contribution in [2.45, 2.75) is 16.3 Å². The van der Waals surface area contributed by atoms with Gasteiger partial charge < -0.3 is 4.42 Å². The predicted molar refractivity (Wildman–Crippen MR) is 72.3 cm³/mol. The number of furan rings is 1. The minimum Gasteiger partial charge on any atom is -0.468 e. The van der Waals surface area contributed by atoms with Crippen molar-refractivity contribution in [3.63, 3.8) is 0 Å².